The lowest BCUT2D eigenvalue weighted by Gasteiger charge is -2.37. The molecule has 1 N–H and O–H groups in total. The van der Waals surface area contributed by atoms with Crippen LogP contribution in [0.2, 0.25) is 0 Å². The van der Waals surface area contributed by atoms with E-state index in [2.05, 4.69) is 35.0 Å². The fourth-order valence-electron chi connectivity index (χ4n) is 5.19. The quantitative estimate of drug-likeness (QED) is 0.681. The molecule has 0 aliphatic carbocycles. The highest BCUT2D eigenvalue weighted by atomic mass is 16.2. The van der Waals surface area contributed by atoms with Crippen LogP contribution in [-0.4, -0.2) is 73.5 Å². The Balaban J connectivity index is 1.35. The maximum atomic E-state index is 13.3. The molecule has 2 aliphatic rings. The van der Waals surface area contributed by atoms with E-state index in [4.69, 9.17) is 0 Å². The molecule has 0 unspecified atom stereocenters. The molecule has 34 heavy (non-hydrogen) atoms. The molecular formula is C28H38N4O2. The zero-order chi connectivity index (χ0) is 23.9. The number of carbonyl (C=O) groups is 2. The molecule has 0 saturated carbocycles. The van der Waals surface area contributed by atoms with Crippen molar-refractivity contribution in [3.8, 4) is 0 Å². The van der Waals surface area contributed by atoms with E-state index < -0.39 is 0 Å². The molecule has 2 aliphatic heterocycles. The van der Waals surface area contributed by atoms with Crippen molar-refractivity contribution in [2.45, 2.75) is 45.1 Å². The summed E-state index contributed by atoms with van der Waals surface area (Å²) < 4.78 is 0. The fraction of sp³-hybridized carbons (Fsp3) is 0.500. The van der Waals surface area contributed by atoms with Gasteiger partial charge in [0.1, 0.15) is 0 Å². The molecule has 0 bridgehead atoms. The van der Waals surface area contributed by atoms with Gasteiger partial charge >= 0.3 is 0 Å². The summed E-state index contributed by atoms with van der Waals surface area (Å²) in [6.45, 7) is 10.4. The second-order valence-corrected chi connectivity index (χ2v) is 9.39. The van der Waals surface area contributed by atoms with Gasteiger partial charge in [0.2, 0.25) is 5.91 Å². The second-order valence-electron chi connectivity index (χ2n) is 9.39. The molecule has 2 amide bonds. The van der Waals surface area contributed by atoms with Gasteiger partial charge in [-0.2, -0.15) is 0 Å². The monoisotopic (exact) mass is 462 g/mol. The van der Waals surface area contributed by atoms with E-state index in [0.717, 1.165) is 81.9 Å². The third kappa shape index (κ3) is 5.61. The summed E-state index contributed by atoms with van der Waals surface area (Å²) in [5.41, 5.74) is 2.89. The molecule has 182 valence electrons. The molecule has 2 fully saturated rings. The van der Waals surface area contributed by atoms with E-state index in [1.807, 2.05) is 53.4 Å². The standard InChI is InChI=1S/C28H38N4O2/c1-3-24(22-10-6-5-7-11-22)27(33)29-23-14-16-31(17-15-23)26-13-9-8-12-25(26)28(34)32-20-18-30(4-2)19-21-32/h5-13,23-24H,3-4,14-21H2,1-2H3,(H,29,33)/t24-/m1/s1. The minimum absolute atomic E-state index is 0.106. The summed E-state index contributed by atoms with van der Waals surface area (Å²) in [7, 11) is 0. The van der Waals surface area contributed by atoms with Crippen LogP contribution in [0.25, 0.3) is 0 Å². The maximum absolute atomic E-state index is 13.3. The number of nitrogens with one attached hydrogen (secondary N) is 1. The van der Waals surface area contributed by atoms with Crippen LogP contribution in [0.4, 0.5) is 5.69 Å². The van der Waals surface area contributed by atoms with Gasteiger partial charge in [0, 0.05) is 51.0 Å². The number of piperidine rings is 1. The summed E-state index contributed by atoms with van der Waals surface area (Å²) in [5, 5.41) is 3.29. The van der Waals surface area contributed by atoms with Crippen molar-refractivity contribution in [2.24, 2.45) is 0 Å². The van der Waals surface area contributed by atoms with Crippen molar-refractivity contribution >= 4 is 17.5 Å². The average molecular weight is 463 g/mol. The third-order valence-corrected chi connectivity index (χ3v) is 7.35. The van der Waals surface area contributed by atoms with Crippen LogP contribution >= 0.6 is 0 Å². The number of benzene rings is 2. The maximum Gasteiger partial charge on any atom is 0.256 e. The number of rotatable bonds is 7. The van der Waals surface area contributed by atoms with E-state index >= 15 is 0 Å². The van der Waals surface area contributed by atoms with Crippen molar-refractivity contribution in [2.75, 3.05) is 50.7 Å². The number of para-hydroxylation sites is 1. The largest absolute Gasteiger partial charge is 0.371 e. The number of amides is 2. The minimum atomic E-state index is -0.106. The van der Waals surface area contributed by atoms with Gasteiger partial charge in [0.15, 0.2) is 0 Å². The lowest BCUT2D eigenvalue weighted by Crippen LogP contribution is -2.49. The van der Waals surface area contributed by atoms with Crippen LogP contribution < -0.4 is 10.2 Å². The molecule has 2 aromatic carbocycles. The first kappa shape index (κ1) is 24.3. The van der Waals surface area contributed by atoms with Gasteiger partial charge in [-0.05, 0) is 43.5 Å². The molecule has 2 aromatic rings. The van der Waals surface area contributed by atoms with Crippen LogP contribution in [0, 0.1) is 0 Å². The van der Waals surface area contributed by atoms with Gasteiger partial charge in [-0.3, -0.25) is 9.59 Å². The normalized spacial score (nSPS) is 18.5. The number of hydrogen-bond acceptors (Lipinski definition) is 4. The summed E-state index contributed by atoms with van der Waals surface area (Å²) in [6, 6.07) is 18.2. The molecule has 6 heteroatoms. The SMILES string of the molecule is CC[C@@H](C(=O)NC1CCN(c2ccccc2C(=O)N2CCN(CC)CC2)CC1)c1ccccc1. The van der Waals surface area contributed by atoms with Gasteiger partial charge in [0.25, 0.3) is 5.91 Å². The molecule has 6 nitrogen and oxygen atoms in total. The Morgan fingerprint density at radius 1 is 0.882 bits per heavy atom. The molecular weight excluding hydrogens is 424 g/mol. The van der Waals surface area contributed by atoms with Crippen LogP contribution in [0.5, 0.6) is 0 Å². The first-order valence-corrected chi connectivity index (χ1v) is 12.8. The predicted molar refractivity (Wildman–Crippen MR) is 137 cm³/mol. The average Bonchev–Trinajstić information content (AvgIpc) is 2.90. The first-order valence-electron chi connectivity index (χ1n) is 12.8. The van der Waals surface area contributed by atoms with Crippen LogP contribution in [0.3, 0.4) is 0 Å². The highest BCUT2D eigenvalue weighted by Gasteiger charge is 2.28. The number of carbonyl (C=O) groups excluding carboxylic acids is 2. The fourth-order valence-corrected chi connectivity index (χ4v) is 5.19. The molecule has 0 radical (unpaired) electrons. The molecule has 0 spiro atoms. The second kappa shape index (κ2) is 11.5. The van der Waals surface area contributed by atoms with Gasteiger partial charge in [0.05, 0.1) is 11.5 Å². The zero-order valence-electron chi connectivity index (χ0n) is 20.6. The molecule has 2 saturated heterocycles. The van der Waals surface area contributed by atoms with Gasteiger partial charge < -0.3 is 20.0 Å². The highest BCUT2D eigenvalue weighted by Crippen LogP contribution is 2.27. The van der Waals surface area contributed by atoms with E-state index in [9.17, 15) is 9.59 Å². The number of likely N-dealkylation sites (N-methyl/N-ethyl adjacent to an activating group) is 1. The van der Waals surface area contributed by atoms with Crippen molar-refractivity contribution in [1.29, 1.82) is 0 Å². The Bertz CT molecular complexity index is 948. The van der Waals surface area contributed by atoms with E-state index in [1.54, 1.807) is 0 Å². The third-order valence-electron chi connectivity index (χ3n) is 7.35. The Labute approximate surface area is 203 Å². The summed E-state index contributed by atoms with van der Waals surface area (Å²) >= 11 is 0. The van der Waals surface area contributed by atoms with E-state index in [-0.39, 0.29) is 23.8 Å². The van der Waals surface area contributed by atoms with Gasteiger partial charge in [-0.15, -0.1) is 0 Å². The molecule has 2 heterocycles. The molecule has 0 aromatic heterocycles. The van der Waals surface area contributed by atoms with E-state index in [0.29, 0.717) is 0 Å². The van der Waals surface area contributed by atoms with Crippen LogP contribution in [0.15, 0.2) is 54.6 Å². The number of piperazine rings is 1. The van der Waals surface area contributed by atoms with Crippen LogP contribution in [-0.2, 0) is 4.79 Å². The Hall–Kier alpha value is -2.86. The van der Waals surface area contributed by atoms with Crippen LogP contribution in [0.1, 0.15) is 54.9 Å². The Morgan fingerprint density at radius 2 is 1.53 bits per heavy atom. The lowest BCUT2D eigenvalue weighted by atomic mass is 9.94. The van der Waals surface area contributed by atoms with Gasteiger partial charge in [-0.25, -0.2) is 0 Å². The molecule has 1 atom stereocenters. The number of nitrogens with zero attached hydrogens (tertiary/aromatic N) is 3. The van der Waals surface area contributed by atoms with Crippen molar-refractivity contribution < 1.29 is 9.59 Å². The predicted octanol–water partition coefficient (Wildman–Crippen LogP) is 3.74. The van der Waals surface area contributed by atoms with Gasteiger partial charge in [-0.1, -0.05) is 56.3 Å². The Morgan fingerprint density at radius 3 is 2.18 bits per heavy atom. The van der Waals surface area contributed by atoms with E-state index in [1.165, 1.54) is 0 Å². The number of anilines is 1. The Kier molecular flexibility index (Phi) is 8.22. The summed E-state index contributed by atoms with van der Waals surface area (Å²) in [5.74, 6) is 0.148. The topological polar surface area (TPSA) is 55.9 Å². The summed E-state index contributed by atoms with van der Waals surface area (Å²) in [6.07, 6.45) is 2.56. The summed E-state index contributed by atoms with van der Waals surface area (Å²) in [4.78, 5) is 33.0. The van der Waals surface area contributed by atoms with Crippen molar-refractivity contribution in [3.63, 3.8) is 0 Å². The molecule has 4 rings (SSSR count). The van der Waals surface area contributed by atoms with Crippen molar-refractivity contribution in [3.05, 3.63) is 65.7 Å². The minimum Gasteiger partial charge on any atom is -0.371 e. The lowest BCUT2D eigenvalue weighted by molar-refractivity contribution is -0.123. The first-order chi connectivity index (χ1) is 16.6. The van der Waals surface area contributed by atoms with Crippen molar-refractivity contribution in [1.82, 2.24) is 15.1 Å². The number of hydrogen-bond donors (Lipinski definition) is 1. The smallest absolute Gasteiger partial charge is 0.256 e. The zero-order valence-corrected chi connectivity index (χ0v) is 20.6. The highest BCUT2D eigenvalue weighted by molar-refractivity contribution is 6.00.